The Labute approximate surface area is 140 Å². The van der Waals surface area contributed by atoms with Crippen LogP contribution in [0.3, 0.4) is 0 Å². The van der Waals surface area contributed by atoms with Crippen molar-refractivity contribution >= 4 is 34.8 Å². The van der Waals surface area contributed by atoms with E-state index >= 15 is 0 Å². The summed E-state index contributed by atoms with van der Waals surface area (Å²) in [6.07, 6.45) is 0.138. The second-order valence-electron chi connectivity index (χ2n) is 5.77. The van der Waals surface area contributed by atoms with E-state index in [1.165, 1.54) is 4.90 Å². The lowest BCUT2D eigenvalue weighted by atomic mass is 10.1. The van der Waals surface area contributed by atoms with Crippen LogP contribution in [-0.4, -0.2) is 17.9 Å². The molecule has 1 saturated heterocycles. The van der Waals surface area contributed by atoms with Crippen LogP contribution < -0.4 is 10.2 Å². The maximum Gasteiger partial charge on any atom is 0.256 e. The number of imide groups is 1. The number of nitrogens with zero attached hydrogens (tertiary/aromatic N) is 1. The third-order valence-electron chi connectivity index (χ3n) is 3.92. The van der Waals surface area contributed by atoms with Crippen molar-refractivity contribution in [2.75, 3.05) is 10.2 Å². The van der Waals surface area contributed by atoms with E-state index in [9.17, 15) is 9.59 Å². The van der Waals surface area contributed by atoms with Crippen LogP contribution in [0, 0.1) is 13.8 Å². The summed E-state index contributed by atoms with van der Waals surface area (Å²) < 4.78 is 0. The fourth-order valence-corrected chi connectivity index (χ4v) is 2.98. The average Bonchev–Trinajstić information content (AvgIpc) is 2.76. The molecule has 4 nitrogen and oxygen atoms in total. The highest BCUT2D eigenvalue weighted by Gasteiger charge is 2.39. The number of benzene rings is 2. The molecule has 0 unspecified atom stereocenters. The van der Waals surface area contributed by atoms with Crippen LogP contribution in [0.15, 0.2) is 42.5 Å². The molecule has 2 amide bonds. The normalized spacial score (nSPS) is 17.7. The Kier molecular flexibility index (Phi) is 4.09. The lowest BCUT2D eigenvalue weighted by Crippen LogP contribution is -2.34. The third-order valence-corrected chi connectivity index (χ3v) is 4.16. The van der Waals surface area contributed by atoms with Crippen molar-refractivity contribution in [3.63, 3.8) is 0 Å². The standard InChI is InChI=1S/C18H17ClN2O2/c1-11-6-7-15(12(2)8-11)20-16-10-17(22)21(18(16)23)14-5-3-4-13(19)9-14/h3-9,16,20H,10H2,1-2H3/t16-/m0/s1. The molecule has 2 aromatic carbocycles. The molecule has 1 aliphatic heterocycles. The first kappa shape index (κ1) is 15.6. The van der Waals surface area contributed by atoms with Crippen LogP contribution in [0.2, 0.25) is 5.02 Å². The summed E-state index contributed by atoms with van der Waals surface area (Å²) in [6.45, 7) is 3.99. The molecule has 1 heterocycles. The first-order chi connectivity index (χ1) is 11.0. The predicted molar refractivity (Wildman–Crippen MR) is 91.9 cm³/mol. The van der Waals surface area contributed by atoms with Gasteiger partial charge in [0, 0.05) is 10.7 Å². The fraction of sp³-hybridized carbons (Fsp3) is 0.222. The molecule has 1 aliphatic rings. The molecule has 5 heteroatoms. The van der Waals surface area contributed by atoms with Gasteiger partial charge in [0.05, 0.1) is 12.1 Å². The summed E-state index contributed by atoms with van der Waals surface area (Å²) in [5.41, 5.74) is 3.58. The lowest BCUT2D eigenvalue weighted by molar-refractivity contribution is -0.121. The van der Waals surface area contributed by atoms with Gasteiger partial charge >= 0.3 is 0 Å². The van der Waals surface area contributed by atoms with Gasteiger partial charge in [0.25, 0.3) is 5.91 Å². The minimum Gasteiger partial charge on any atom is -0.373 e. The van der Waals surface area contributed by atoms with Crippen molar-refractivity contribution < 1.29 is 9.59 Å². The molecule has 0 radical (unpaired) electrons. The number of rotatable bonds is 3. The van der Waals surface area contributed by atoms with E-state index in [4.69, 9.17) is 11.6 Å². The fourth-order valence-electron chi connectivity index (χ4n) is 2.79. The van der Waals surface area contributed by atoms with Gasteiger partial charge in [-0.05, 0) is 43.7 Å². The van der Waals surface area contributed by atoms with Crippen molar-refractivity contribution in [3.05, 3.63) is 58.6 Å². The van der Waals surface area contributed by atoms with Gasteiger partial charge in [-0.3, -0.25) is 9.59 Å². The molecule has 1 N–H and O–H groups in total. The van der Waals surface area contributed by atoms with E-state index in [0.29, 0.717) is 10.7 Å². The number of nitrogens with one attached hydrogen (secondary N) is 1. The van der Waals surface area contributed by atoms with E-state index in [0.717, 1.165) is 16.8 Å². The lowest BCUT2D eigenvalue weighted by Gasteiger charge is -2.17. The van der Waals surface area contributed by atoms with Crippen LogP contribution in [-0.2, 0) is 9.59 Å². The summed E-state index contributed by atoms with van der Waals surface area (Å²) in [7, 11) is 0. The van der Waals surface area contributed by atoms with Crippen molar-refractivity contribution in [1.29, 1.82) is 0 Å². The number of carbonyl (C=O) groups excluding carboxylic acids is 2. The number of carbonyl (C=O) groups is 2. The Morgan fingerprint density at radius 2 is 1.91 bits per heavy atom. The Hall–Kier alpha value is -2.33. The average molecular weight is 329 g/mol. The highest BCUT2D eigenvalue weighted by atomic mass is 35.5. The molecule has 118 valence electrons. The van der Waals surface area contributed by atoms with Gasteiger partial charge in [-0.2, -0.15) is 0 Å². The Morgan fingerprint density at radius 3 is 2.61 bits per heavy atom. The van der Waals surface area contributed by atoms with Gasteiger partial charge in [-0.25, -0.2) is 4.90 Å². The molecule has 3 rings (SSSR count). The molecule has 1 atom stereocenters. The molecule has 0 aromatic heterocycles. The maximum atomic E-state index is 12.6. The van der Waals surface area contributed by atoms with E-state index in [1.807, 2.05) is 32.0 Å². The Morgan fingerprint density at radius 1 is 1.13 bits per heavy atom. The number of hydrogen-bond acceptors (Lipinski definition) is 3. The SMILES string of the molecule is Cc1ccc(N[C@H]2CC(=O)N(c3cccc(Cl)c3)C2=O)c(C)c1. The number of aryl methyl sites for hydroxylation is 2. The maximum absolute atomic E-state index is 12.6. The Bertz CT molecular complexity index is 788. The van der Waals surface area contributed by atoms with Crippen molar-refractivity contribution in [2.45, 2.75) is 26.3 Å². The van der Waals surface area contributed by atoms with Gasteiger partial charge in [0.2, 0.25) is 5.91 Å². The summed E-state index contributed by atoms with van der Waals surface area (Å²) in [5, 5.41) is 3.68. The summed E-state index contributed by atoms with van der Waals surface area (Å²) in [5.74, 6) is -0.475. The third kappa shape index (κ3) is 3.08. The van der Waals surface area contributed by atoms with E-state index < -0.39 is 6.04 Å². The number of anilines is 2. The predicted octanol–water partition coefficient (Wildman–Crippen LogP) is 3.70. The highest BCUT2D eigenvalue weighted by molar-refractivity contribution is 6.31. The minimum absolute atomic E-state index is 0.138. The molecule has 0 spiro atoms. The van der Waals surface area contributed by atoms with Gasteiger partial charge < -0.3 is 5.32 Å². The summed E-state index contributed by atoms with van der Waals surface area (Å²) >= 11 is 5.96. The Balaban J connectivity index is 1.84. The van der Waals surface area contributed by atoms with Crippen molar-refractivity contribution in [2.24, 2.45) is 0 Å². The number of halogens is 1. The molecule has 0 bridgehead atoms. The zero-order chi connectivity index (χ0) is 16.6. The highest BCUT2D eigenvalue weighted by Crippen LogP contribution is 2.27. The number of amides is 2. The van der Waals surface area contributed by atoms with Crippen LogP contribution >= 0.6 is 11.6 Å². The van der Waals surface area contributed by atoms with Gasteiger partial charge in [0.1, 0.15) is 6.04 Å². The van der Waals surface area contributed by atoms with E-state index in [-0.39, 0.29) is 18.2 Å². The zero-order valence-electron chi connectivity index (χ0n) is 13.0. The van der Waals surface area contributed by atoms with E-state index in [1.54, 1.807) is 24.3 Å². The van der Waals surface area contributed by atoms with Crippen molar-refractivity contribution in [3.8, 4) is 0 Å². The molecular weight excluding hydrogens is 312 g/mol. The zero-order valence-corrected chi connectivity index (χ0v) is 13.7. The first-order valence-electron chi connectivity index (χ1n) is 7.42. The summed E-state index contributed by atoms with van der Waals surface area (Å²) in [4.78, 5) is 26.1. The number of hydrogen-bond donors (Lipinski definition) is 1. The van der Waals surface area contributed by atoms with Crippen LogP contribution in [0.1, 0.15) is 17.5 Å². The van der Waals surface area contributed by atoms with Gasteiger partial charge in [-0.15, -0.1) is 0 Å². The topological polar surface area (TPSA) is 49.4 Å². The molecule has 23 heavy (non-hydrogen) atoms. The molecular formula is C18H17ClN2O2. The second kappa shape index (κ2) is 6.05. The quantitative estimate of drug-likeness (QED) is 0.874. The smallest absolute Gasteiger partial charge is 0.256 e. The summed E-state index contributed by atoms with van der Waals surface area (Å²) in [6, 6.07) is 12.2. The van der Waals surface area contributed by atoms with Crippen molar-refractivity contribution in [1.82, 2.24) is 0 Å². The largest absolute Gasteiger partial charge is 0.373 e. The molecule has 2 aromatic rings. The second-order valence-corrected chi connectivity index (χ2v) is 6.20. The molecule has 0 aliphatic carbocycles. The molecule has 0 saturated carbocycles. The van der Waals surface area contributed by atoms with Gasteiger partial charge in [-0.1, -0.05) is 35.4 Å². The first-order valence-corrected chi connectivity index (χ1v) is 7.79. The monoisotopic (exact) mass is 328 g/mol. The van der Waals surface area contributed by atoms with Gasteiger partial charge in [0.15, 0.2) is 0 Å². The van der Waals surface area contributed by atoms with Crippen LogP contribution in [0.25, 0.3) is 0 Å². The minimum atomic E-state index is -0.553. The van der Waals surface area contributed by atoms with E-state index in [2.05, 4.69) is 5.32 Å². The van der Waals surface area contributed by atoms with Crippen LogP contribution in [0.4, 0.5) is 11.4 Å². The molecule has 1 fully saturated rings. The van der Waals surface area contributed by atoms with Crippen LogP contribution in [0.5, 0.6) is 0 Å².